The highest BCUT2D eigenvalue weighted by Gasteiger charge is 2.07. The summed E-state index contributed by atoms with van der Waals surface area (Å²) < 4.78 is 5.09. The highest BCUT2D eigenvalue weighted by molar-refractivity contribution is 7.10. The van der Waals surface area contributed by atoms with E-state index in [4.69, 9.17) is 4.74 Å². The summed E-state index contributed by atoms with van der Waals surface area (Å²) in [5.41, 5.74) is 0. The second kappa shape index (κ2) is 6.17. The number of ether oxygens (including phenoxy) is 1. The molecular formula is C11H19NOS. The molecule has 0 saturated carbocycles. The SMILES string of the molecule is COCC(C)CN[C@H](C)c1cccs1. The molecule has 1 rings (SSSR count). The van der Waals surface area contributed by atoms with Crippen LogP contribution in [-0.2, 0) is 4.74 Å². The van der Waals surface area contributed by atoms with Gasteiger partial charge in [-0.05, 0) is 24.3 Å². The maximum atomic E-state index is 5.09. The van der Waals surface area contributed by atoms with Crippen molar-refractivity contribution in [3.8, 4) is 0 Å². The Hall–Kier alpha value is -0.380. The Morgan fingerprint density at radius 3 is 2.86 bits per heavy atom. The second-order valence-electron chi connectivity index (χ2n) is 3.71. The van der Waals surface area contributed by atoms with Crippen LogP contribution in [0, 0.1) is 5.92 Å². The fourth-order valence-corrected chi connectivity index (χ4v) is 2.12. The predicted octanol–water partition coefficient (Wildman–Crippen LogP) is 2.68. The minimum atomic E-state index is 0.453. The molecule has 2 atom stereocenters. The number of hydrogen-bond acceptors (Lipinski definition) is 3. The van der Waals surface area contributed by atoms with Crippen molar-refractivity contribution in [1.29, 1.82) is 0 Å². The molecule has 0 radical (unpaired) electrons. The molecule has 0 fully saturated rings. The molecule has 80 valence electrons. The number of rotatable bonds is 6. The topological polar surface area (TPSA) is 21.3 Å². The van der Waals surface area contributed by atoms with Crippen LogP contribution >= 0.6 is 11.3 Å². The minimum Gasteiger partial charge on any atom is -0.384 e. The Bertz CT molecular complexity index is 235. The van der Waals surface area contributed by atoms with E-state index < -0.39 is 0 Å². The lowest BCUT2D eigenvalue weighted by Gasteiger charge is -2.16. The largest absolute Gasteiger partial charge is 0.384 e. The van der Waals surface area contributed by atoms with E-state index in [1.54, 1.807) is 18.4 Å². The van der Waals surface area contributed by atoms with Gasteiger partial charge in [-0.3, -0.25) is 0 Å². The molecule has 3 heteroatoms. The fourth-order valence-electron chi connectivity index (χ4n) is 1.36. The highest BCUT2D eigenvalue weighted by atomic mass is 32.1. The van der Waals surface area contributed by atoms with Gasteiger partial charge in [-0.25, -0.2) is 0 Å². The fraction of sp³-hybridized carbons (Fsp3) is 0.636. The second-order valence-corrected chi connectivity index (χ2v) is 4.69. The molecule has 1 unspecified atom stereocenters. The molecule has 14 heavy (non-hydrogen) atoms. The number of thiophene rings is 1. The molecule has 0 amide bonds. The lowest BCUT2D eigenvalue weighted by atomic mass is 10.2. The van der Waals surface area contributed by atoms with Crippen LogP contribution in [0.3, 0.4) is 0 Å². The standard InChI is InChI=1S/C11H19NOS/c1-9(8-13-3)7-12-10(2)11-5-4-6-14-11/h4-6,9-10,12H,7-8H2,1-3H3/t9?,10-/m1/s1. The van der Waals surface area contributed by atoms with Gasteiger partial charge in [0, 0.05) is 31.2 Å². The van der Waals surface area contributed by atoms with Crippen LogP contribution in [0.15, 0.2) is 17.5 Å². The number of nitrogens with one attached hydrogen (secondary N) is 1. The van der Waals surface area contributed by atoms with Gasteiger partial charge in [0.15, 0.2) is 0 Å². The van der Waals surface area contributed by atoms with Crippen molar-refractivity contribution in [3.05, 3.63) is 22.4 Å². The third-order valence-corrected chi connectivity index (χ3v) is 3.25. The van der Waals surface area contributed by atoms with Crippen molar-refractivity contribution in [1.82, 2.24) is 5.32 Å². The van der Waals surface area contributed by atoms with Crippen molar-refractivity contribution >= 4 is 11.3 Å². The quantitative estimate of drug-likeness (QED) is 0.784. The van der Waals surface area contributed by atoms with Crippen molar-refractivity contribution in [3.63, 3.8) is 0 Å². The number of methoxy groups -OCH3 is 1. The van der Waals surface area contributed by atoms with E-state index in [1.165, 1.54) is 4.88 Å². The molecular weight excluding hydrogens is 194 g/mol. The van der Waals surface area contributed by atoms with Crippen LogP contribution < -0.4 is 5.32 Å². The molecule has 0 saturated heterocycles. The summed E-state index contributed by atoms with van der Waals surface area (Å²) in [5.74, 6) is 0.572. The Balaban J connectivity index is 2.24. The molecule has 0 aliphatic rings. The highest BCUT2D eigenvalue weighted by Crippen LogP contribution is 2.18. The van der Waals surface area contributed by atoms with Gasteiger partial charge < -0.3 is 10.1 Å². The van der Waals surface area contributed by atoms with E-state index in [1.807, 2.05) is 0 Å². The van der Waals surface area contributed by atoms with Crippen LogP contribution in [0.2, 0.25) is 0 Å². The molecule has 0 aliphatic carbocycles. The molecule has 0 aliphatic heterocycles. The zero-order chi connectivity index (χ0) is 10.4. The van der Waals surface area contributed by atoms with Gasteiger partial charge in [-0.15, -0.1) is 11.3 Å². The third-order valence-electron chi connectivity index (χ3n) is 2.19. The summed E-state index contributed by atoms with van der Waals surface area (Å²) in [6, 6.07) is 4.72. The van der Waals surface area contributed by atoms with E-state index in [0.29, 0.717) is 12.0 Å². The molecule has 0 aromatic carbocycles. The van der Waals surface area contributed by atoms with Crippen LogP contribution in [-0.4, -0.2) is 20.3 Å². The molecule has 1 N–H and O–H groups in total. The average molecular weight is 213 g/mol. The van der Waals surface area contributed by atoms with Gasteiger partial charge in [0.25, 0.3) is 0 Å². The Morgan fingerprint density at radius 1 is 1.50 bits per heavy atom. The first-order chi connectivity index (χ1) is 6.74. The Kier molecular flexibility index (Phi) is 5.15. The minimum absolute atomic E-state index is 0.453. The van der Waals surface area contributed by atoms with Gasteiger partial charge in [0.05, 0.1) is 0 Å². The van der Waals surface area contributed by atoms with E-state index >= 15 is 0 Å². The van der Waals surface area contributed by atoms with E-state index in [2.05, 4.69) is 36.7 Å². The predicted molar refractivity (Wildman–Crippen MR) is 61.8 cm³/mol. The smallest absolute Gasteiger partial charge is 0.0499 e. The summed E-state index contributed by atoms with van der Waals surface area (Å²) in [6.07, 6.45) is 0. The van der Waals surface area contributed by atoms with Crippen LogP contribution in [0.25, 0.3) is 0 Å². The van der Waals surface area contributed by atoms with E-state index in [9.17, 15) is 0 Å². The van der Waals surface area contributed by atoms with Crippen LogP contribution in [0.4, 0.5) is 0 Å². The molecule has 0 bridgehead atoms. The molecule has 0 spiro atoms. The first-order valence-corrected chi connectivity index (χ1v) is 5.87. The first-order valence-electron chi connectivity index (χ1n) is 4.99. The van der Waals surface area contributed by atoms with E-state index in [0.717, 1.165) is 13.2 Å². The van der Waals surface area contributed by atoms with Crippen molar-refractivity contribution in [2.24, 2.45) is 5.92 Å². The van der Waals surface area contributed by atoms with Gasteiger partial charge in [0.1, 0.15) is 0 Å². The van der Waals surface area contributed by atoms with Crippen LogP contribution in [0.1, 0.15) is 24.8 Å². The maximum Gasteiger partial charge on any atom is 0.0499 e. The van der Waals surface area contributed by atoms with Crippen molar-refractivity contribution < 1.29 is 4.74 Å². The van der Waals surface area contributed by atoms with Crippen LogP contribution in [0.5, 0.6) is 0 Å². The normalized spacial score (nSPS) is 15.4. The number of hydrogen-bond donors (Lipinski definition) is 1. The molecule has 1 aromatic heterocycles. The Labute approximate surface area is 90.3 Å². The lowest BCUT2D eigenvalue weighted by molar-refractivity contribution is 0.157. The van der Waals surface area contributed by atoms with Gasteiger partial charge in [-0.1, -0.05) is 13.0 Å². The average Bonchev–Trinajstić information content (AvgIpc) is 2.67. The summed E-state index contributed by atoms with van der Waals surface area (Å²) in [5, 5.41) is 5.62. The van der Waals surface area contributed by atoms with Gasteiger partial charge >= 0.3 is 0 Å². The molecule has 1 heterocycles. The summed E-state index contributed by atoms with van der Waals surface area (Å²) in [4.78, 5) is 1.40. The zero-order valence-electron chi connectivity index (χ0n) is 9.12. The summed E-state index contributed by atoms with van der Waals surface area (Å²) in [6.45, 7) is 6.22. The van der Waals surface area contributed by atoms with Crippen molar-refractivity contribution in [2.45, 2.75) is 19.9 Å². The zero-order valence-corrected chi connectivity index (χ0v) is 9.93. The first kappa shape index (κ1) is 11.7. The maximum absolute atomic E-state index is 5.09. The van der Waals surface area contributed by atoms with E-state index in [-0.39, 0.29) is 0 Å². The Morgan fingerprint density at radius 2 is 2.29 bits per heavy atom. The van der Waals surface area contributed by atoms with Crippen molar-refractivity contribution in [2.75, 3.05) is 20.3 Å². The summed E-state index contributed by atoms with van der Waals surface area (Å²) >= 11 is 1.80. The third kappa shape index (κ3) is 3.78. The van der Waals surface area contributed by atoms with Gasteiger partial charge in [-0.2, -0.15) is 0 Å². The molecule has 2 nitrogen and oxygen atoms in total. The summed E-state index contributed by atoms with van der Waals surface area (Å²) in [7, 11) is 1.75. The monoisotopic (exact) mass is 213 g/mol. The lowest BCUT2D eigenvalue weighted by Crippen LogP contribution is -2.26. The van der Waals surface area contributed by atoms with Gasteiger partial charge in [0.2, 0.25) is 0 Å². The molecule has 1 aromatic rings.